The summed E-state index contributed by atoms with van der Waals surface area (Å²) >= 11 is 0. The molecule has 0 saturated heterocycles. The number of carbonyl (C=O) groups is 1. The largest absolute Gasteiger partial charge is 0.351 e. The molecule has 1 amide bonds. The Bertz CT molecular complexity index is 868. The number of amides is 1. The minimum Gasteiger partial charge on any atom is -0.351 e. The molecule has 6 nitrogen and oxygen atoms in total. The molecule has 2 aromatic rings. The van der Waals surface area contributed by atoms with E-state index in [4.69, 9.17) is 0 Å². The van der Waals surface area contributed by atoms with E-state index in [0.717, 1.165) is 18.7 Å². The number of benzene rings is 2. The highest BCUT2D eigenvalue weighted by molar-refractivity contribution is 7.92. The molecular weight excluding hydrogens is 357 g/mol. The zero-order valence-corrected chi connectivity index (χ0v) is 15.5. The third kappa shape index (κ3) is 5.27. The molecule has 0 saturated carbocycles. The predicted octanol–water partition coefficient (Wildman–Crippen LogP) is 2.27. The van der Waals surface area contributed by atoms with E-state index in [0.29, 0.717) is 29.9 Å². The Morgan fingerprint density at radius 1 is 1.08 bits per heavy atom. The number of hydrogen-bond donors (Lipinski definition) is 3. The van der Waals surface area contributed by atoms with Crippen LogP contribution in [0.2, 0.25) is 0 Å². The van der Waals surface area contributed by atoms with Gasteiger partial charge in [0.05, 0.1) is 4.90 Å². The van der Waals surface area contributed by atoms with Crippen molar-refractivity contribution in [3.63, 3.8) is 0 Å². The first-order valence-electron chi connectivity index (χ1n) is 8.21. The van der Waals surface area contributed by atoms with Gasteiger partial charge in [-0.1, -0.05) is 6.92 Å². The van der Waals surface area contributed by atoms with Gasteiger partial charge in [0, 0.05) is 24.3 Å². The van der Waals surface area contributed by atoms with Gasteiger partial charge in [0.15, 0.2) is 0 Å². The van der Waals surface area contributed by atoms with Gasteiger partial charge in [-0.2, -0.15) is 0 Å². The van der Waals surface area contributed by atoms with Gasteiger partial charge >= 0.3 is 0 Å². The molecule has 8 heteroatoms. The van der Waals surface area contributed by atoms with Crippen LogP contribution in [0, 0.1) is 12.7 Å². The first-order chi connectivity index (χ1) is 12.3. The molecule has 0 aliphatic carbocycles. The van der Waals surface area contributed by atoms with Crippen molar-refractivity contribution < 1.29 is 17.6 Å². The SMILES string of the molecule is CCNCCNC(=O)c1ccc(NS(=O)(=O)c2ccc(F)cc2C)cc1. The lowest BCUT2D eigenvalue weighted by molar-refractivity contribution is 0.0954. The second-order valence-corrected chi connectivity index (χ2v) is 7.35. The normalized spacial score (nSPS) is 11.2. The van der Waals surface area contributed by atoms with Crippen LogP contribution in [-0.4, -0.2) is 34.0 Å². The van der Waals surface area contributed by atoms with Gasteiger partial charge in [0.25, 0.3) is 15.9 Å². The fourth-order valence-corrected chi connectivity index (χ4v) is 3.64. The standard InChI is InChI=1S/C18H22FN3O3S/c1-3-20-10-11-21-18(23)14-4-7-16(8-5-14)22-26(24,25)17-9-6-15(19)12-13(17)2/h4-9,12,20,22H,3,10-11H2,1-2H3,(H,21,23). The zero-order chi connectivity index (χ0) is 19.2. The minimum absolute atomic E-state index is 0.00384. The van der Waals surface area contributed by atoms with Crippen LogP contribution in [0.25, 0.3) is 0 Å². The van der Waals surface area contributed by atoms with Crippen molar-refractivity contribution in [3.05, 3.63) is 59.4 Å². The lowest BCUT2D eigenvalue weighted by Gasteiger charge is -2.11. The molecule has 0 bridgehead atoms. The molecule has 3 N–H and O–H groups in total. The third-order valence-electron chi connectivity index (χ3n) is 3.66. The summed E-state index contributed by atoms with van der Waals surface area (Å²) in [6, 6.07) is 9.58. The first kappa shape index (κ1) is 19.9. The summed E-state index contributed by atoms with van der Waals surface area (Å²) in [7, 11) is -3.84. The Balaban J connectivity index is 2.05. The van der Waals surface area contributed by atoms with Crippen molar-refractivity contribution in [2.75, 3.05) is 24.4 Å². The number of halogens is 1. The quantitative estimate of drug-likeness (QED) is 0.614. The second-order valence-electron chi connectivity index (χ2n) is 5.70. The number of carbonyl (C=O) groups excluding carboxylic acids is 1. The summed E-state index contributed by atoms with van der Waals surface area (Å²) in [6.45, 7) is 5.52. The van der Waals surface area contributed by atoms with Crippen molar-refractivity contribution in [1.29, 1.82) is 0 Å². The molecule has 0 unspecified atom stereocenters. The van der Waals surface area contributed by atoms with E-state index < -0.39 is 15.8 Å². The molecule has 2 aromatic carbocycles. The minimum atomic E-state index is -3.84. The fourth-order valence-electron chi connectivity index (χ4n) is 2.36. The van der Waals surface area contributed by atoms with Gasteiger partial charge in [0.2, 0.25) is 0 Å². The summed E-state index contributed by atoms with van der Waals surface area (Å²) in [5.41, 5.74) is 1.06. The average Bonchev–Trinajstić information content (AvgIpc) is 2.58. The maximum Gasteiger partial charge on any atom is 0.262 e. The van der Waals surface area contributed by atoms with Gasteiger partial charge in [-0.25, -0.2) is 12.8 Å². The maximum atomic E-state index is 13.2. The predicted molar refractivity (Wildman–Crippen MR) is 99.3 cm³/mol. The van der Waals surface area contributed by atoms with E-state index in [1.54, 1.807) is 0 Å². The molecular formula is C18H22FN3O3S. The summed E-state index contributed by atoms with van der Waals surface area (Å²) in [5, 5.41) is 5.86. The fraction of sp³-hybridized carbons (Fsp3) is 0.278. The van der Waals surface area contributed by atoms with Gasteiger partial charge in [-0.05, 0) is 61.5 Å². The van der Waals surface area contributed by atoms with Gasteiger partial charge in [0.1, 0.15) is 5.82 Å². The monoisotopic (exact) mass is 379 g/mol. The van der Waals surface area contributed by atoms with Crippen LogP contribution < -0.4 is 15.4 Å². The third-order valence-corrected chi connectivity index (χ3v) is 5.20. The highest BCUT2D eigenvalue weighted by Gasteiger charge is 2.17. The highest BCUT2D eigenvalue weighted by Crippen LogP contribution is 2.20. The smallest absolute Gasteiger partial charge is 0.262 e. The Hall–Kier alpha value is -2.45. The Morgan fingerprint density at radius 3 is 2.38 bits per heavy atom. The number of sulfonamides is 1. The highest BCUT2D eigenvalue weighted by atomic mass is 32.2. The summed E-state index contributed by atoms with van der Waals surface area (Å²) in [4.78, 5) is 12.0. The maximum absolute atomic E-state index is 13.2. The molecule has 0 atom stereocenters. The molecule has 26 heavy (non-hydrogen) atoms. The van der Waals surface area contributed by atoms with Crippen LogP contribution in [0.15, 0.2) is 47.4 Å². The van der Waals surface area contributed by atoms with Crippen LogP contribution in [0.5, 0.6) is 0 Å². The van der Waals surface area contributed by atoms with Crippen LogP contribution >= 0.6 is 0 Å². The summed E-state index contributed by atoms with van der Waals surface area (Å²) < 4.78 is 40.5. The molecule has 0 spiro atoms. The lowest BCUT2D eigenvalue weighted by atomic mass is 10.2. The Morgan fingerprint density at radius 2 is 1.77 bits per heavy atom. The van der Waals surface area contributed by atoms with Crippen LogP contribution in [0.3, 0.4) is 0 Å². The van der Waals surface area contributed by atoms with Gasteiger partial charge in [-0.3, -0.25) is 9.52 Å². The van der Waals surface area contributed by atoms with Crippen LogP contribution in [0.1, 0.15) is 22.8 Å². The second kappa shape index (κ2) is 8.77. The molecule has 0 heterocycles. The van der Waals surface area contributed by atoms with Crippen molar-refractivity contribution in [1.82, 2.24) is 10.6 Å². The topological polar surface area (TPSA) is 87.3 Å². The molecule has 0 aliphatic rings. The van der Waals surface area contributed by atoms with E-state index in [1.165, 1.54) is 37.3 Å². The number of hydrogen-bond acceptors (Lipinski definition) is 4. The lowest BCUT2D eigenvalue weighted by Crippen LogP contribution is -2.31. The van der Waals surface area contributed by atoms with Crippen LogP contribution in [-0.2, 0) is 10.0 Å². The summed E-state index contributed by atoms with van der Waals surface area (Å²) in [6.07, 6.45) is 0. The number of anilines is 1. The molecule has 0 radical (unpaired) electrons. The van der Waals surface area contributed by atoms with E-state index >= 15 is 0 Å². The zero-order valence-electron chi connectivity index (χ0n) is 14.7. The number of rotatable bonds is 8. The molecule has 140 valence electrons. The number of aryl methyl sites for hydroxylation is 1. The van der Waals surface area contributed by atoms with Crippen LogP contribution in [0.4, 0.5) is 10.1 Å². The van der Waals surface area contributed by atoms with E-state index in [2.05, 4.69) is 15.4 Å². The first-order valence-corrected chi connectivity index (χ1v) is 9.70. The molecule has 0 aliphatic heterocycles. The van der Waals surface area contributed by atoms with E-state index in [-0.39, 0.29) is 10.8 Å². The Kier molecular flexibility index (Phi) is 6.70. The van der Waals surface area contributed by atoms with E-state index in [9.17, 15) is 17.6 Å². The summed E-state index contributed by atoms with van der Waals surface area (Å²) in [5.74, 6) is -0.724. The van der Waals surface area contributed by atoms with Gasteiger partial charge < -0.3 is 10.6 Å². The van der Waals surface area contributed by atoms with Crippen molar-refractivity contribution >= 4 is 21.6 Å². The number of likely N-dealkylation sites (N-methyl/N-ethyl adjacent to an activating group) is 1. The van der Waals surface area contributed by atoms with Crippen molar-refractivity contribution in [2.24, 2.45) is 0 Å². The van der Waals surface area contributed by atoms with Crippen molar-refractivity contribution in [2.45, 2.75) is 18.7 Å². The molecule has 2 rings (SSSR count). The van der Waals surface area contributed by atoms with Gasteiger partial charge in [-0.15, -0.1) is 0 Å². The molecule has 0 fully saturated rings. The average molecular weight is 379 g/mol. The van der Waals surface area contributed by atoms with Crippen molar-refractivity contribution in [3.8, 4) is 0 Å². The van der Waals surface area contributed by atoms with E-state index in [1.807, 2.05) is 6.92 Å². The number of nitrogens with one attached hydrogen (secondary N) is 3. The molecule has 0 aromatic heterocycles. The Labute approximate surface area is 152 Å².